The number of rotatable bonds is 3. The first-order valence-electron chi connectivity index (χ1n) is 7.30. The van der Waals surface area contributed by atoms with Gasteiger partial charge < -0.3 is 9.32 Å². The van der Waals surface area contributed by atoms with Crippen molar-refractivity contribution in [2.24, 2.45) is 0 Å². The third kappa shape index (κ3) is 3.33. The fraction of sp³-hybridized carbons (Fsp3) is 0.375. The van der Waals surface area contributed by atoms with E-state index in [1.54, 1.807) is 25.3 Å². The van der Waals surface area contributed by atoms with Crippen LogP contribution in [0.5, 0.6) is 0 Å². The Balaban J connectivity index is 1.60. The minimum absolute atomic E-state index is 0.120. The SMILES string of the molecule is CC(=O)N1CCN(Cc2ncc(-c3ccc(F)cc3)o2)CC1. The molecule has 0 atom stereocenters. The average Bonchev–Trinajstić information content (AvgIpc) is 2.97. The molecule has 0 aliphatic carbocycles. The molecule has 1 aromatic carbocycles. The average molecular weight is 303 g/mol. The van der Waals surface area contributed by atoms with Gasteiger partial charge in [-0.15, -0.1) is 0 Å². The Morgan fingerprint density at radius 3 is 2.55 bits per heavy atom. The predicted molar refractivity (Wildman–Crippen MR) is 79.4 cm³/mol. The first kappa shape index (κ1) is 14.7. The maximum atomic E-state index is 12.9. The molecule has 0 radical (unpaired) electrons. The van der Waals surface area contributed by atoms with Gasteiger partial charge in [-0.25, -0.2) is 9.37 Å². The molecule has 1 saturated heterocycles. The highest BCUT2D eigenvalue weighted by Crippen LogP contribution is 2.21. The van der Waals surface area contributed by atoms with Crippen molar-refractivity contribution in [3.05, 3.63) is 42.2 Å². The lowest BCUT2D eigenvalue weighted by Crippen LogP contribution is -2.47. The molecule has 6 heteroatoms. The van der Waals surface area contributed by atoms with Gasteiger partial charge in [0, 0.05) is 38.7 Å². The first-order chi connectivity index (χ1) is 10.6. The van der Waals surface area contributed by atoms with Crippen molar-refractivity contribution in [1.29, 1.82) is 0 Å². The molecule has 1 aromatic heterocycles. The second-order valence-electron chi connectivity index (χ2n) is 5.41. The Morgan fingerprint density at radius 2 is 1.91 bits per heavy atom. The Morgan fingerprint density at radius 1 is 1.23 bits per heavy atom. The molecule has 116 valence electrons. The van der Waals surface area contributed by atoms with Crippen molar-refractivity contribution in [3.63, 3.8) is 0 Å². The zero-order valence-electron chi connectivity index (χ0n) is 12.5. The van der Waals surface area contributed by atoms with Crippen molar-refractivity contribution in [2.75, 3.05) is 26.2 Å². The summed E-state index contributed by atoms with van der Waals surface area (Å²) in [6.45, 7) is 5.31. The molecular formula is C16H18FN3O2. The molecule has 0 N–H and O–H groups in total. The molecule has 1 aliphatic heterocycles. The standard InChI is InChI=1S/C16H18FN3O2/c1-12(21)20-8-6-19(7-9-20)11-16-18-10-15(22-16)13-2-4-14(17)5-3-13/h2-5,10H,6-9,11H2,1H3. The van der Waals surface area contributed by atoms with E-state index in [1.807, 2.05) is 4.90 Å². The van der Waals surface area contributed by atoms with Gasteiger partial charge in [0.25, 0.3) is 0 Å². The number of amides is 1. The first-order valence-corrected chi connectivity index (χ1v) is 7.30. The van der Waals surface area contributed by atoms with Crippen LogP contribution in [-0.4, -0.2) is 46.9 Å². The third-order valence-corrected chi connectivity index (χ3v) is 3.86. The van der Waals surface area contributed by atoms with Gasteiger partial charge in [0.2, 0.25) is 11.8 Å². The second-order valence-corrected chi connectivity index (χ2v) is 5.41. The number of nitrogens with zero attached hydrogens (tertiary/aromatic N) is 3. The second kappa shape index (κ2) is 6.27. The van der Waals surface area contributed by atoms with Gasteiger partial charge in [-0.05, 0) is 24.3 Å². The van der Waals surface area contributed by atoms with Crippen molar-refractivity contribution in [1.82, 2.24) is 14.8 Å². The van der Waals surface area contributed by atoms with Gasteiger partial charge in [-0.1, -0.05) is 0 Å². The number of piperazine rings is 1. The van der Waals surface area contributed by atoms with Gasteiger partial charge in [-0.3, -0.25) is 9.69 Å². The molecule has 1 amide bonds. The quantitative estimate of drug-likeness (QED) is 0.872. The minimum Gasteiger partial charge on any atom is -0.439 e. The smallest absolute Gasteiger partial charge is 0.219 e. The van der Waals surface area contributed by atoms with Crippen LogP contribution in [0, 0.1) is 5.82 Å². The van der Waals surface area contributed by atoms with Crippen LogP contribution in [0.4, 0.5) is 4.39 Å². The van der Waals surface area contributed by atoms with E-state index in [4.69, 9.17) is 4.42 Å². The number of halogens is 1. The maximum Gasteiger partial charge on any atom is 0.219 e. The number of carbonyl (C=O) groups is 1. The van der Waals surface area contributed by atoms with E-state index >= 15 is 0 Å². The van der Waals surface area contributed by atoms with Crippen molar-refractivity contribution in [3.8, 4) is 11.3 Å². The van der Waals surface area contributed by atoms with E-state index in [-0.39, 0.29) is 11.7 Å². The third-order valence-electron chi connectivity index (χ3n) is 3.86. The highest BCUT2D eigenvalue weighted by molar-refractivity contribution is 5.73. The number of hydrogen-bond acceptors (Lipinski definition) is 4. The molecule has 2 heterocycles. The summed E-state index contributed by atoms with van der Waals surface area (Å²) in [5, 5.41) is 0. The van der Waals surface area contributed by atoms with E-state index in [2.05, 4.69) is 9.88 Å². The van der Waals surface area contributed by atoms with Gasteiger partial charge in [0.1, 0.15) is 5.82 Å². The summed E-state index contributed by atoms with van der Waals surface area (Å²) in [5.74, 6) is 1.12. The number of aromatic nitrogens is 1. The lowest BCUT2D eigenvalue weighted by atomic mass is 10.2. The molecular weight excluding hydrogens is 285 g/mol. The Bertz CT molecular complexity index is 646. The number of hydrogen-bond donors (Lipinski definition) is 0. The molecule has 0 spiro atoms. The Kier molecular flexibility index (Phi) is 4.20. The van der Waals surface area contributed by atoms with Crippen LogP contribution in [0.1, 0.15) is 12.8 Å². The summed E-state index contributed by atoms with van der Waals surface area (Å²) in [6.07, 6.45) is 1.66. The van der Waals surface area contributed by atoms with Crippen molar-refractivity contribution < 1.29 is 13.6 Å². The summed E-state index contributed by atoms with van der Waals surface area (Å²) < 4.78 is 18.7. The maximum absolute atomic E-state index is 12.9. The molecule has 0 saturated carbocycles. The fourth-order valence-electron chi connectivity index (χ4n) is 2.54. The number of oxazole rings is 1. The Labute approximate surface area is 128 Å². The van der Waals surface area contributed by atoms with E-state index < -0.39 is 0 Å². The Hall–Kier alpha value is -2.21. The molecule has 1 fully saturated rings. The molecule has 1 aliphatic rings. The van der Waals surface area contributed by atoms with Crippen LogP contribution >= 0.6 is 0 Å². The van der Waals surface area contributed by atoms with Gasteiger partial charge >= 0.3 is 0 Å². The van der Waals surface area contributed by atoms with Crippen LogP contribution in [0.2, 0.25) is 0 Å². The zero-order chi connectivity index (χ0) is 15.5. The topological polar surface area (TPSA) is 49.6 Å². The molecule has 2 aromatic rings. The van der Waals surface area contributed by atoms with Crippen molar-refractivity contribution >= 4 is 5.91 Å². The number of benzene rings is 1. The summed E-state index contributed by atoms with van der Waals surface area (Å²) in [7, 11) is 0. The molecule has 0 unspecified atom stereocenters. The van der Waals surface area contributed by atoms with E-state index in [9.17, 15) is 9.18 Å². The van der Waals surface area contributed by atoms with Crippen LogP contribution in [-0.2, 0) is 11.3 Å². The monoisotopic (exact) mass is 303 g/mol. The summed E-state index contributed by atoms with van der Waals surface area (Å²) >= 11 is 0. The van der Waals surface area contributed by atoms with E-state index in [1.165, 1.54) is 12.1 Å². The van der Waals surface area contributed by atoms with Gasteiger partial charge in [0.15, 0.2) is 5.76 Å². The highest BCUT2D eigenvalue weighted by Gasteiger charge is 2.20. The normalized spacial score (nSPS) is 16.0. The number of carbonyl (C=O) groups excluding carboxylic acids is 1. The molecule has 22 heavy (non-hydrogen) atoms. The van der Waals surface area contributed by atoms with Crippen LogP contribution < -0.4 is 0 Å². The predicted octanol–water partition coefficient (Wildman–Crippen LogP) is 2.14. The van der Waals surface area contributed by atoms with E-state index in [0.29, 0.717) is 18.2 Å². The lowest BCUT2D eigenvalue weighted by molar-refractivity contribution is -0.130. The largest absolute Gasteiger partial charge is 0.439 e. The van der Waals surface area contributed by atoms with Gasteiger partial charge in [-0.2, -0.15) is 0 Å². The summed E-state index contributed by atoms with van der Waals surface area (Å²) in [4.78, 5) is 19.6. The summed E-state index contributed by atoms with van der Waals surface area (Å²) in [5.41, 5.74) is 0.807. The zero-order valence-corrected chi connectivity index (χ0v) is 12.5. The highest BCUT2D eigenvalue weighted by atomic mass is 19.1. The lowest BCUT2D eigenvalue weighted by Gasteiger charge is -2.33. The van der Waals surface area contributed by atoms with Crippen LogP contribution in [0.3, 0.4) is 0 Å². The van der Waals surface area contributed by atoms with Crippen molar-refractivity contribution in [2.45, 2.75) is 13.5 Å². The summed E-state index contributed by atoms with van der Waals surface area (Å²) in [6, 6.07) is 6.15. The molecule has 0 bridgehead atoms. The fourth-order valence-corrected chi connectivity index (χ4v) is 2.54. The molecule has 3 rings (SSSR count). The minimum atomic E-state index is -0.271. The molecule has 5 nitrogen and oxygen atoms in total. The van der Waals surface area contributed by atoms with E-state index in [0.717, 1.165) is 31.7 Å². The van der Waals surface area contributed by atoms with Crippen LogP contribution in [0.25, 0.3) is 11.3 Å². The van der Waals surface area contributed by atoms with Crippen LogP contribution in [0.15, 0.2) is 34.9 Å². The van der Waals surface area contributed by atoms with Gasteiger partial charge in [0.05, 0.1) is 12.7 Å².